The molecule has 0 aliphatic rings. The molecule has 0 saturated carbocycles. The molecule has 3 nitrogen and oxygen atoms in total. The van der Waals surface area contributed by atoms with E-state index in [1.807, 2.05) is 18.2 Å². The number of imidazole rings is 1. The maximum Gasteiger partial charge on any atom is 0.146 e. The zero-order valence-corrected chi connectivity index (χ0v) is 7.79. The molecule has 0 spiro atoms. The van der Waals surface area contributed by atoms with Gasteiger partial charge in [0, 0.05) is 6.42 Å². The summed E-state index contributed by atoms with van der Waals surface area (Å²) in [4.78, 5) is 7.65. The Hall–Kier alpha value is -1.51. The molecule has 1 N–H and O–H groups in total. The van der Waals surface area contributed by atoms with Crippen molar-refractivity contribution in [1.29, 1.82) is 0 Å². The van der Waals surface area contributed by atoms with Crippen molar-refractivity contribution in [2.45, 2.75) is 13.3 Å². The molecule has 68 valence electrons. The first-order valence-corrected chi connectivity index (χ1v) is 4.36. The molecule has 0 radical (unpaired) electrons. The van der Waals surface area contributed by atoms with Crippen molar-refractivity contribution in [2.75, 3.05) is 7.11 Å². The number of aromatic nitrogens is 2. The van der Waals surface area contributed by atoms with Gasteiger partial charge in [0.25, 0.3) is 0 Å². The fourth-order valence-corrected chi connectivity index (χ4v) is 1.39. The summed E-state index contributed by atoms with van der Waals surface area (Å²) in [5.74, 6) is 1.83. The molecule has 0 unspecified atom stereocenters. The average molecular weight is 176 g/mol. The van der Waals surface area contributed by atoms with Crippen molar-refractivity contribution >= 4 is 11.0 Å². The van der Waals surface area contributed by atoms with E-state index in [0.717, 1.165) is 29.0 Å². The quantitative estimate of drug-likeness (QED) is 0.761. The Morgan fingerprint density at radius 1 is 1.46 bits per heavy atom. The number of nitrogens with zero attached hydrogens (tertiary/aromatic N) is 1. The SMILES string of the molecule is CCc1nc2c(OC)cccc2[nH]1. The van der Waals surface area contributed by atoms with Gasteiger partial charge in [-0.2, -0.15) is 0 Å². The lowest BCUT2D eigenvalue weighted by Crippen LogP contribution is -1.83. The third-order valence-electron chi connectivity index (χ3n) is 2.08. The first-order chi connectivity index (χ1) is 6.35. The van der Waals surface area contributed by atoms with Crippen LogP contribution in [0.3, 0.4) is 0 Å². The molecule has 1 aromatic heterocycles. The lowest BCUT2D eigenvalue weighted by atomic mass is 10.3. The highest BCUT2D eigenvalue weighted by molar-refractivity contribution is 5.81. The van der Waals surface area contributed by atoms with E-state index in [1.54, 1.807) is 7.11 Å². The fraction of sp³-hybridized carbons (Fsp3) is 0.300. The molecule has 0 atom stereocenters. The summed E-state index contributed by atoms with van der Waals surface area (Å²) < 4.78 is 5.20. The highest BCUT2D eigenvalue weighted by atomic mass is 16.5. The van der Waals surface area contributed by atoms with Crippen molar-refractivity contribution in [3.8, 4) is 5.75 Å². The number of fused-ring (bicyclic) bond motifs is 1. The molecule has 0 aliphatic heterocycles. The highest BCUT2D eigenvalue weighted by Crippen LogP contribution is 2.22. The molecule has 3 heteroatoms. The Labute approximate surface area is 76.8 Å². The van der Waals surface area contributed by atoms with Crippen molar-refractivity contribution in [3.05, 3.63) is 24.0 Å². The van der Waals surface area contributed by atoms with E-state index in [9.17, 15) is 0 Å². The van der Waals surface area contributed by atoms with E-state index in [1.165, 1.54) is 0 Å². The Kier molecular flexibility index (Phi) is 1.93. The smallest absolute Gasteiger partial charge is 0.146 e. The zero-order chi connectivity index (χ0) is 9.26. The topological polar surface area (TPSA) is 37.9 Å². The second kappa shape index (κ2) is 3.09. The summed E-state index contributed by atoms with van der Waals surface area (Å²) in [6.45, 7) is 2.07. The monoisotopic (exact) mass is 176 g/mol. The van der Waals surface area contributed by atoms with E-state index in [4.69, 9.17) is 4.74 Å². The van der Waals surface area contributed by atoms with Crippen LogP contribution < -0.4 is 4.74 Å². The minimum atomic E-state index is 0.827. The summed E-state index contributed by atoms with van der Waals surface area (Å²) in [6.07, 6.45) is 0.915. The summed E-state index contributed by atoms with van der Waals surface area (Å²) in [7, 11) is 1.66. The van der Waals surface area contributed by atoms with Gasteiger partial charge in [0.15, 0.2) is 0 Å². The van der Waals surface area contributed by atoms with Crippen LogP contribution in [0, 0.1) is 0 Å². The van der Waals surface area contributed by atoms with Crippen LogP contribution in [-0.2, 0) is 6.42 Å². The molecule has 0 bridgehead atoms. The number of hydrogen-bond donors (Lipinski definition) is 1. The number of ether oxygens (including phenoxy) is 1. The number of nitrogens with one attached hydrogen (secondary N) is 1. The van der Waals surface area contributed by atoms with E-state index in [0.29, 0.717) is 0 Å². The van der Waals surface area contributed by atoms with Crippen LogP contribution in [0.4, 0.5) is 0 Å². The van der Waals surface area contributed by atoms with Crippen molar-refractivity contribution in [2.24, 2.45) is 0 Å². The normalized spacial score (nSPS) is 10.6. The molecule has 0 amide bonds. The highest BCUT2D eigenvalue weighted by Gasteiger charge is 2.05. The lowest BCUT2D eigenvalue weighted by Gasteiger charge is -1.97. The van der Waals surface area contributed by atoms with E-state index < -0.39 is 0 Å². The minimum absolute atomic E-state index is 0.827. The van der Waals surface area contributed by atoms with Crippen molar-refractivity contribution in [1.82, 2.24) is 9.97 Å². The van der Waals surface area contributed by atoms with Gasteiger partial charge in [0.1, 0.15) is 17.1 Å². The van der Waals surface area contributed by atoms with Crippen LogP contribution in [0.25, 0.3) is 11.0 Å². The van der Waals surface area contributed by atoms with E-state index in [2.05, 4.69) is 16.9 Å². The molecule has 1 heterocycles. The van der Waals surface area contributed by atoms with Gasteiger partial charge in [-0.25, -0.2) is 4.98 Å². The Balaban J connectivity index is 2.67. The summed E-state index contributed by atoms with van der Waals surface area (Å²) in [5, 5.41) is 0. The molecule has 13 heavy (non-hydrogen) atoms. The van der Waals surface area contributed by atoms with Crippen molar-refractivity contribution in [3.63, 3.8) is 0 Å². The maximum atomic E-state index is 5.20. The van der Waals surface area contributed by atoms with Crippen LogP contribution in [-0.4, -0.2) is 17.1 Å². The number of rotatable bonds is 2. The molecule has 2 rings (SSSR count). The number of aromatic amines is 1. The molecular formula is C10H12N2O. The maximum absolute atomic E-state index is 5.20. The number of methoxy groups -OCH3 is 1. The summed E-state index contributed by atoms with van der Waals surface area (Å²) in [5.41, 5.74) is 1.96. The van der Waals surface area contributed by atoms with Gasteiger partial charge < -0.3 is 9.72 Å². The van der Waals surface area contributed by atoms with Gasteiger partial charge in [-0.3, -0.25) is 0 Å². The van der Waals surface area contributed by atoms with Crippen LogP contribution in [0.5, 0.6) is 5.75 Å². The molecule has 0 aliphatic carbocycles. The van der Waals surface area contributed by atoms with Gasteiger partial charge in [-0.05, 0) is 12.1 Å². The van der Waals surface area contributed by atoms with Crippen LogP contribution in [0.2, 0.25) is 0 Å². The van der Waals surface area contributed by atoms with Crippen LogP contribution in [0.15, 0.2) is 18.2 Å². The first-order valence-electron chi connectivity index (χ1n) is 4.36. The Morgan fingerprint density at radius 3 is 3.00 bits per heavy atom. The van der Waals surface area contributed by atoms with E-state index >= 15 is 0 Å². The standard InChI is InChI=1S/C10H12N2O/c1-3-9-11-7-5-4-6-8(13-2)10(7)12-9/h4-6H,3H2,1-2H3,(H,11,12). The number of benzene rings is 1. The van der Waals surface area contributed by atoms with Gasteiger partial charge >= 0.3 is 0 Å². The van der Waals surface area contributed by atoms with Crippen LogP contribution >= 0.6 is 0 Å². The van der Waals surface area contributed by atoms with Gasteiger partial charge in [-0.15, -0.1) is 0 Å². The first kappa shape index (κ1) is 8.10. The molecule has 0 saturated heterocycles. The average Bonchev–Trinajstić information content (AvgIpc) is 2.59. The Bertz CT molecular complexity index is 420. The van der Waals surface area contributed by atoms with Gasteiger partial charge in [-0.1, -0.05) is 13.0 Å². The number of aryl methyl sites for hydroxylation is 1. The number of hydrogen-bond acceptors (Lipinski definition) is 2. The van der Waals surface area contributed by atoms with Gasteiger partial charge in [0.2, 0.25) is 0 Å². The second-order valence-corrected chi connectivity index (χ2v) is 2.89. The number of H-pyrrole nitrogens is 1. The third kappa shape index (κ3) is 1.26. The summed E-state index contributed by atoms with van der Waals surface area (Å²) >= 11 is 0. The lowest BCUT2D eigenvalue weighted by molar-refractivity contribution is 0.419. The largest absolute Gasteiger partial charge is 0.494 e. The number of para-hydroxylation sites is 1. The molecule has 0 fully saturated rings. The predicted octanol–water partition coefficient (Wildman–Crippen LogP) is 2.13. The molecule has 2 aromatic rings. The second-order valence-electron chi connectivity index (χ2n) is 2.89. The third-order valence-corrected chi connectivity index (χ3v) is 2.08. The Morgan fingerprint density at radius 2 is 2.31 bits per heavy atom. The minimum Gasteiger partial charge on any atom is -0.494 e. The predicted molar refractivity (Wildman–Crippen MR) is 52.0 cm³/mol. The zero-order valence-electron chi connectivity index (χ0n) is 7.79. The van der Waals surface area contributed by atoms with Crippen molar-refractivity contribution < 1.29 is 4.74 Å². The molecular weight excluding hydrogens is 164 g/mol. The fourth-order valence-electron chi connectivity index (χ4n) is 1.39. The van der Waals surface area contributed by atoms with E-state index in [-0.39, 0.29) is 0 Å². The molecule has 1 aromatic carbocycles. The van der Waals surface area contributed by atoms with Crippen LogP contribution in [0.1, 0.15) is 12.7 Å². The summed E-state index contributed by atoms with van der Waals surface area (Å²) in [6, 6.07) is 5.88. The van der Waals surface area contributed by atoms with Gasteiger partial charge in [0.05, 0.1) is 12.6 Å².